The van der Waals surface area contributed by atoms with E-state index in [1.54, 1.807) is 7.05 Å². The zero-order chi connectivity index (χ0) is 24.2. The zero-order valence-corrected chi connectivity index (χ0v) is 19.9. The summed E-state index contributed by atoms with van der Waals surface area (Å²) in [6, 6.07) is 5.28. The van der Waals surface area contributed by atoms with Crippen LogP contribution < -0.4 is 16.0 Å². The molecule has 5 nitrogen and oxygen atoms in total. The van der Waals surface area contributed by atoms with Gasteiger partial charge in [-0.3, -0.25) is 9.69 Å². The van der Waals surface area contributed by atoms with E-state index in [1.807, 2.05) is 6.92 Å². The summed E-state index contributed by atoms with van der Waals surface area (Å²) in [7, 11) is 1.68. The normalized spacial score (nSPS) is 20.7. The molecule has 0 radical (unpaired) electrons. The Kier molecular flexibility index (Phi) is 8.10. The second-order valence-electron chi connectivity index (χ2n) is 9.38. The van der Waals surface area contributed by atoms with E-state index in [1.165, 1.54) is 12.1 Å². The number of amides is 1. The number of piperidine rings is 1. The Labute approximate surface area is 194 Å². The topological polar surface area (TPSA) is 56.4 Å². The molecule has 0 aromatic heterocycles. The number of benzene rings is 1. The lowest BCUT2D eigenvalue weighted by molar-refractivity contribution is -0.137. The van der Waals surface area contributed by atoms with Crippen molar-refractivity contribution in [3.8, 4) is 0 Å². The molecule has 3 rings (SSSR count). The summed E-state index contributed by atoms with van der Waals surface area (Å²) in [4.78, 5) is 14.6. The summed E-state index contributed by atoms with van der Waals surface area (Å²) < 4.78 is 38.5. The highest BCUT2D eigenvalue weighted by atomic mass is 19.4. The van der Waals surface area contributed by atoms with Gasteiger partial charge in [-0.25, -0.2) is 0 Å². The molecule has 1 unspecified atom stereocenters. The van der Waals surface area contributed by atoms with E-state index >= 15 is 0 Å². The fourth-order valence-corrected chi connectivity index (χ4v) is 4.50. The fourth-order valence-electron chi connectivity index (χ4n) is 4.50. The molecule has 0 bridgehead atoms. The molecule has 2 aliphatic heterocycles. The van der Waals surface area contributed by atoms with Crippen LogP contribution in [0.3, 0.4) is 0 Å². The number of nitrogens with one attached hydrogen (secondary N) is 3. The summed E-state index contributed by atoms with van der Waals surface area (Å²) >= 11 is 0. The highest BCUT2D eigenvalue weighted by Gasteiger charge is 2.31. The molecular formula is C25H35F3N4O. The molecule has 1 saturated heterocycles. The van der Waals surface area contributed by atoms with Gasteiger partial charge in [0.25, 0.3) is 0 Å². The minimum absolute atomic E-state index is 0.0162. The van der Waals surface area contributed by atoms with E-state index in [2.05, 4.69) is 40.8 Å². The van der Waals surface area contributed by atoms with Gasteiger partial charge in [0.05, 0.1) is 5.56 Å². The average molecular weight is 465 g/mol. The molecule has 182 valence electrons. The van der Waals surface area contributed by atoms with Gasteiger partial charge in [-0.1, -0.05) is 32.1 Å². The van der Waals surface area contributed by atoms with E-state index in [9.17, 15) is 18.0 Å². The van der Waals surface area contributed by atoms with Crippen molar-refractivity contribution in [3.63, 3.8) is 0 Å². The van der Waals surface area contributed by atoms with Crippen molar-refractivity contribution in [1.82, 2.24) is 20.9 Å². The Morgan fingerprint density at radius 3 is 2.36 bits per heavy atom. The van der Waals surface area contributed by atoms with Crippen LogP contribution in [-0.2, 0) is 11.0 Å². The van der Waals surface area contributed by atoms with Gasteiger partial charge in [0, 0.05) is 30.6 Å². The van der Waals surface area contributed by atoms with Gasteiger partial charge in [-0.2, -0.15) is 13.2 Å². The van der Waals surface area contributed by atoms with Crippen molar-refractivity contribution in [2.75, 3.05) is 26.7 Å². The Morgan fingerprint density at radius 1 is 1.18 bits per heavy atom. The van der Waals surface area contributed by atoms with Crippen LogP contribution in [0.5, 0.6) is 0 Å². The third-order valence-electron chi connectivity index (χ3n) is 6.35. The third-order valence-corrected chi connectivity index (χ3v) is 6.35. The number of likely N-dealkylation sites (tertiary alicyclic amines) is 1. The Hall–Kier alpha value is -2.48. The van der Waals surface area contributed by atoms with Crippen LogP contribution in [0.15, 0.2) is 47.3 Å². The van der Waals surface area contributed by atoms with E-state index < -0.39 is 11.7 Å². The molecule has 1 atom stereocenters. The van der Waals surface area contributed by atoms with Gasteiger partial charge in [0.2, 0.25) is 5.91 Å². The van der Waals surface area contributed by atoms with E-state index in [4.69, 9.17) is 0 Å². The number of halogens is 3. The first-order chi connectivity index (χ1) is 15.6. The smallest absolute Gasteiger partial charge is 0.364 e. The molecule has 0 saturated carbocycles. The molecule has 2 heterocycles. The van der Waals surface area contributed by atoms with Crippen molar-refractivity contribution in [2.24, 2.45) is 11.8 Å². The largest absolute Gasteiger partial charge is 0.416 e. The fraction of sp³-hybridized carbons (Fsp3) is 0.560. The average Bonchev–Trinajstić information content (AvgIpc) is 3.13. The van der Waals surface area contributed by atoms with Crippen LogP contribution in [-0.4, -0.2) is 37.5 Å². The van der Waals surface area contributed by atoms with E-state index in [-0.39, 0.29) is 12.1 Å². The SMILES string of the molecule is CNC(=O)/C(=C\C(C)C)CC1CCN(CC2=C(C)NC(c3ccc(C(F)(F)F)cc3)N2)CC1. The van der Waals surface area contributed by atoms with Crippen molar-refractivity contribution in [2.45, 2.75) is 52.4 Å². The van der Waals surface area contributed by atoms with Gasteiger partial charge >= 0.3 is 6.18 Å². The molecular weight excluding hydrogens is 429 g/mol. The third kappa shape index (κ3) is 6.76. The predicted octanol–water partition coefficient (Wildman–Crippen LogP) is 4.56. The zero-order valence-electron chi connectivity index (χ0n) is 19.9. The molecule has 2 aliphatic rings. The Balaban J connectivity index is 1.51. The van der Waals surface area contributed by atoms with E-state index in [0.717, 1.165) is 73.6 Å². The summed E-state index contributed by atoms with van der Waals surface area (Å²) in [5.41, 5.74) is 3.10. The summed E-state index contributed by atoms with van der Waals surface area (Å²) in [5.74, 6) is 0.849. The van der Waals surface area contributed by atoms with Crippen molar-refractivity contribution >= 4 is 5.91 Å². The minimum atomic E-state index is -4.33. The number of allylic oxidation sites excluding steroid dienone is 2. The van der Waals surface area contributed by atoms with Crippen molar-refractivity contribution in [1.29, 1.82) is 0 Å². The molecule has 3 N–H and O–H groups in total. The lowest BCUT2D eigenvalue weighted by atomic mass is 9.88. The maximum absolute atomic E-state index is 12.8. The number of hydrogen-bond donors (Lipinski definition) is 3. The summed E-state index contributed by atoms with van der Waals surface area (Å²) in [6.45, 7) is 8.84. The monoisotopic (exact) mass is 464 g/mol. The van der Waals surface area contributed by atoms with Gasteiger partial charge < -0.3 is 16.0 Å². The second kappa shape index (κ2) is 10.6. The predicted molar refractivity (Wildman–Crippen MR) is 124 cm³/mol. The first-order valence-electron chi connectivity index (χ1n) is 11.6. The lowest BCUT2D eigenvalue weighted by Gasteiger charge is -2.32. The number of nitrogens with zero attached hydrogens (tertiary/aromatic N) is 1. The minimum Gasteiger partial charge on any atom is -0.364 e. The number of hydrogen-bond acceptors (Lipinski definition) is 4. The maximum Gasteiger partial charge on any atom is 0.416 e. The first-order valence-corrected chi connectivity index (χ1v) is 11.6. The lowest BCUT2D eigenvalue weighted by Crippen LogP contribution is -2.37. The van der Waals surface area contributed by atoms with Crippen molar-refractivity contribution < 1.29 is 18.0 Å². The molecule has 0 spiro atoms. The molecule has 1 aromatic carbocycles. The van der Waals surface area contributed by atoms with Crippen molar-refractivity contribution in [3.05, 3.63) is 58.4 Å². The highest BCUT2D eigenvalue weighted by Crippen LogP contribution is 2.31. The van der Waals surface area contributed by atoms with Gasteiger partial charge in [-0.05, 0) is 68.8 Å². The molecule has 1 fully saturated rings. The number of likely N-dealkylation sites (N-methyl/N-ethyl adjacent to an activating group) is 1. The molecule has 8 heteroatoms. The van der Waals surface area contributed by atoms with Gasteiger partial charge in [0.15, 0.2) is 0 Å². The quantitative estimate of drug-likeness (QED) is 0.518. The molecule has 0 aliphatic carbocycles. The number of alkyl halides is 3. The first kappa shape index (κ1) is 25.1. The Morgan fingerprint density at radius 2 is 1.82 bits per heavy atom. The van der Waals surface area contributed by atoms with Crippen LogP contribution in [0.4, 0.5) is 13.2 Å². The number of carbonyl (C=O) groups excluding carboxylic acids is 1. The van der Waals surface area contributed by atoms with Crippen LogP contribution in [0, 0.1) is 11.8 Å². The Bertz CT molecular complexity index is 882. The second-order valence-corrected chi connectivity index (χ2v) is 9.38. The highest BCUT2D eigenvalue weighted by molar-refractivity contribution is 5.93. The molecule has 33 heavy (non-hydrogen) atoms. The van der Waals surface area contributed by atoms with Gasteiger partial charge in [0.1, 0.15) is 6.17 Å². The standard InChI is InChI=1S/C25H35F3N4O/c1-16(2)13-20(24(33)29-4)14-18-9-11-32(12-10-18)15-22-17(3)30-23(31-22)19-5-7-21(8-6-19)25(26,27)28/h5-8,13,16,18,23,30-31H,9-12,14-15H2,1-4H3,(H,29,33)/b20-13-. The molecule has 1 amide bonds. The summed E-state index contributed by atoms with van der Waals surface area (Å²) in [5, 5.41) is 9.54. The van der Waals surface area contributed by atoms with Crippen LogP contribution in [0.25, 0.3) is 0 Å². The van der Waals surface area contributed by atoms with Crippen LogP contribution in [0.2, 0.25) is 0 Å². The van der Waals surface area contributed by atoms with Gasteiger partial charge in [-0.15, -0.1) is 0 Å². The van der Waals surface area contributed by atoms with Crippen LogP contribution >= 0.6 is 0 Å². The number of rotatable bonds is 7. The maximum atomic E-state index is 12.8. The summed E-state index contributed by atoms with van der Waals surface area (Å²) in [6.07, 6.45) is 0.393. The van der Waals surface area contributed by atoms with Crippen LogP contribution in [0.1, 0.15) is 57.3 Å². The number of carbonyl (C=O) groups is 1. The molecule has 1 aromatic rings. The van der Waals surface area contributed by atoms with E-state index in [0.29, 0.717) is 11.8 Å².